The molecule has 3 rings (SSSR count). The summed E-state index contributed by atoms with van der Waals surface area (Å²) < 4.78 is 0. The van der Waals surface area contributed by atoms with Crippen LogP contribution in [-0.2, 0) is 0 Å². The van der Waals surface area contributed by atoms with Gasteiger partial charge in [-0.05, 0) is 60.6 Å². The molecule has 2 atom stereocenters. The summed E-state index contributed by atoms with van der Waals surface area (Å²) in [6.07, 6.45) is 2.37. The Morgan fingerprint density at radius 3 is 2.55 bits per heavy atom. The van der Waals surface area contributed by atoms with Gasteiger partial charge in [-0.1, -0.05) is 31.2 Å². The van der Waals surface area contributed by atoms with Crippen LogP contribution in [0.15, 0.2) is 42.5 Å². The molecule has 0 heterocycles. The summed E-state index contributed by atoms with van der Waals surface area (Å²) in [6.45, 7) is 4.33. The summed E-state index contributed by atoms with van der Waals surface area (Å²) >= 11 is 0. The Morgan fingerprint density at radius 2 is 1.80 bits per heavy atom. The second-order valence-corrected chi connectivity index (χ2v) is 5.80. The van der Waals surface area contributed by atoms with Crippen molar-refractivity contribution >= 4 is 5.69 Å². The summed E-state index contributed by atoms with van der Waals surface area (Å²) in [5.41, 5.74) is 5.07. The van der Waals surface area contributed by atoms with Crippen molar-refractivity contribution in [3.63, 3.8) is 0 Å². The molecule has 104 valence electrons. The van der Waals surface area contributed by atoms with E-state index in [9.17, 15) is 5.11 Å². The molecule has 0 fully saturated rings. The number of phenolic OH excluding ortho intramolecular Hbond substituents is 1. The molecule has 2 aromatic rings. The van der Waals surface area contributed by atoms with Gasteiger partial charge in [0.15, 0.2) is 0 Å². The molecular weight excluding hydrogens is 246 g/mol. The zero-order valence-corrected chi connectivity index (χ0v) is 12.1. The maximum Gasteiger partial charge on any atom is 0.115 e. The maximum atomic E-state index is 9.51. The minimum Gasteiger partial charge on any atom is -0.508 e. The highest BCUT2D eigenvalue weighted by molar-refractivity contribution is 5.55. The smallest absolute Gasteiger partial charge is 0.115 e. The first-order valence-corrected chi connectivity index (χ1v) is 7.30. The lowest BCUT2D eigenvalue weighted by molar-refractivity contribution is 0.475. The molecule has 0 saturated carbocycles. The summed E-state index contributed by atoms with van der Waals surface area (Å²) in [5, 5.41) is 13.2. The lowest BCUT2D eigenvalue weighted by Crippen LogP contribution is -2.19. The number of benzene rings is 2. The highest BCUT2D eigenvalue weighted by atomic mass is 16.3. The van der Waals surface area contributed by atoms with Gasteiger partial charge in [-0.2, -0.15) is 0 Å². The third kappa shape index (κ3) is 2.38. The van der Waals surface area contributed by atoms with E-state index in [0.29, 0.717) is 17.7 Å². The first kappa shape index (κ1) is 13.0. The van der Waals surface area contributed by atoms with Crippen LogP contribution in [0.3, 0.4) is 0 Å². The number of rotatable bonds is 2. The van der Waals surface area contributed by atoms with E-state index in [0.717, 1.165) is 17.7 Å². The lowest BCUT2D eigenvalue weighted by atomic mass is 9.81. The van der Waals surface area contributed by atoms with Crippen molar-refractivity contribution in [3.05, 3.63) is 59.2 Å². The molecule has 0 aliphatic heterocycles. The molecule has 0 radical (unpaired) electrons. The van der Waals surface area contributed by atoms with Gasteiger partial charge < -0.3 is 10.4 Å². The largest absolute Gasteiger partial charge is 0.508 e. The van der Waals surface area contributed by atoms with Crippen molar-refractivity contribution in [2.24, 2.45) is 0 Å². The van der Waals surface area contributed by atoms with E-state index in [1.807, 2.05) is 13.0 Å². The lowest BCUT2D eigenvalue weighted by Gasteiger charge is -2.31. The molecule has 2 N–H and O–H groups in total. The molecule has 0 aromatic heterocycles. The number of fused-ring (bicyclic) bond motifs is 1. The number of phenols is 1. The van der Waals surface area contributed by atoms with E-state index >= 15 is 0 Å². The van der Waals surface area contributed by atoms with Crippen LogP contribution in [0.1, 0.15) is 48.4 Å². The van der Waals surface area contributed by atoms with Gasteiger partial charge in [0.05, 0.1) is 6.04 Å². The maximum absolute atomic E-state index is 9.51. The number of hydrogen-bond acceptors (Lipinski definition) is 2. The average molecular weight is 267 g/mol. The van der Waals surface area contributed by atoms with Crippen molar-refractivity contribution < 1.29 is 5.11 Å². The fraction of sp³-hybridized carbons (Fsp3) is 0.333. The molecule has 0 amide bonds. The number of nitrogens with one attached hydrogen (secondary N) is 1. The second-order valence-electron chi connectivity index (χ2n) is 5.80. The molecule has 0 saturated heterocycles. The summed E-state index contributed by atoms with van der Waals surface area (Å²) in [4.78, 5) is 0. The van der Waals surface area contributed by atoms with Gasteiger partial charge in [-0.25, -0.2) is 0 Å². The Morgan fingerprint density at radius 1 is 1.05 bits per heavy atom. The van der Waals surface area contributed by atoms with Crippen LogP contribution in [0.2, 0.25) is 0 Å². The minimum absolute atomic E-state index is 0.325. The predicted octanol–water partition coefficient (Wildman–Crippen LogP) is 4.75. The summed E-state index contributed by atoms with van der Waals surface area (Å²) in [7, 11) is 0. The van der Waals surface area contributed by atoms with E-state index in [-0.39, 0.29) is 0 Å². The molecule has 1 aliphatic carbocycles. The molecule has 0 bridgehead atoms. The Balaban J connectivity index is 1.90. The second kappa shape index (κ2) is 5.20. The van der Waals surface area contributed by atoms with E-state index < -0.39 is 0 Å². The van der Waals surface area contributed by atoms with Gasteiger partial charge in [0.25, 0.3) is 0 Å². The fourth-order valence-electron chi connectivity index (χ4n) is 3.15. The van der Waals surface area contributed by atoms with E-state index in [2.05, 4.69) is 36.5 Å². The standard InChI is InChI=1S/C18H21NO/c1-12-7-9-18(16-6-4-3-5-15(12)16)19-17-10-8-14(20)11-13(17)2/h3-6,8,10-12,18-20H,7,9H2,1-2H3. The molecule has 2 aromatic carbocycles. The number of hydrogen-bond donors (Lipinski definition) is 2. The molecule has 2 unspecified atom stereocenters. The van der Waals surface area contributed by atoms with Gasteiger partial charge in [0, 0.05) is 5.69 Å². The van der Waals surface area contributed by atoms with Crippen LogP contribution in [0.4, 0.5) is 5.69 Å². The number of aryl methyl sites for hydroxylation is 1. The normalized spacial score (nSPS) is 21.3. The SMILES string of the molecule is Cc1cc(O)ccc1NC1CCC(C)c2ccccc21. The molecule has 0 spiro atoms. The summed E-state index contributed by atoms with van der Waals surface area (Å²) in [5.74, 6) is 0.968. The first-order valence-electron chi connectivity index (χ1n) is 7.30. The monoisotopic (exact) mass is 267 g/mol. The zero-order chi connectivity index (χ0) is 14.1. The Kier molecular flexibility index (Phi) is 3.39. The highest BCUT2D eigenvalue weighted by Crippen LogP contribution is 2.39. The van der Waals surface area contributed by atoms with Crippen LogP contribution in [0.5, 0.6) is 5.75 Å². The van der Waals surface area contributed by atoms with Crippen molar-refractivity contribution in [2.45, 2.75) is 38.6 Å². The Hall–Kier alpha value is -1.96. The van der Waals surface area contributed by atoms with Gasteiger partial charge >= 0.3 is 0 Å². The van der Waals surface area contributed by atoms with E-state index in [1.54, 1.807) is 12.1 Å². The van der Waals surface area contributed by atoms with Crippen LogP contribution >= 0.6 is 0 Å². The van der Waals surface area contributed by atoms with E-state index in [4.69, 9.17) is 0 Å². The van der Waals surface area contributed by atoms with Gasteiger partial charge in [0.2, 0.25) is 0 Å². The first-order chi connectivity index (χ1) is 9.65. The highest BCUT2D eigenvalue weighted by Gasteiger charge is 2.24. The third-order valence-corrected chi connectivity index (χ3v) is 4.33. The minimum atomic E-state index is 0.325. The molecular formula is C18H21NO. The topological polar surface area (TPSA) is 32.3 Å². The van der Waals surface area contributed by atoms with E-state index in [1.165, 1.54) is 17.5 Å². The predicted molar refractivity (Wildman–Crippen MR) is 83.3 cm³/mol. The van der Waals surface area contributed by atoms with Gasteiger partial charge in [-0.3, -0.25) is 0 Å². The average Bonchev–Trinajstić information content (AvgIpc) is 2.45. The van der Waals surface area contributed by atoms with Crippen LogP contribution in [0, 0.1) is 6.92 Å². The Bertz CT molecular complexity index is 621. The van der Waals surface area contributed by atoms with Crippen molar-refractivity contribution in [1.29, 1.82) is 0 Å². The fourth-order valence-corrected chi connectivity index (χ4v) is 3.15. The Labute approximate surface area is 120 Å². The van der Waals surface area contributed by atoms with Crippen LogP contribution in [0.25, 0.3) is 0 Å². The third-order valence-electron chi connectivity index (χ3n) is 4.33. The van der Waals surface area contributed by atoms with Gasteiger partial charge in [0.1, 0.15) is 5.75 Å². The van der Waals surface area contributed by atoms with Crippen molar-refractivity contribution in [1.82, 2.24) is 0 Å². The molecule has 1 aliphatic rings. The quantitative estimate of drug-likeness (QED) is 0.769. The number of aromatic hydroxyl groups is 1. The van der Waals surface area contributed by atoms with Crippen LogP contribution < -0.4 is 5.32 Å². The number of anilines is 1. The molecule has 20 heavy (non-hydrogen) atoms. The van der Waals surface area contributed by atoms with Crippen molar-refractivity contribution in [2.75, 3.05) is 5.32 Å². The van der Waals surface area contributed by atoms with Crippen LogP contribution in [-0.4, -0.2) is 5.11 Å². The van der Waals surface area contributed by atoms with Crippen molar-refractivity contribution in [3.8, 4) is 5.75 Å². The zero-order valence-electron chi connectivity index (χ0n) is 12.1. The van der Waals surface area contributed by atoms with Gasteiger partial charge in [-0.15, -0.1) is 0 Å². The molecule has 2 nitrogen and oxygen atoms in total. The summed E-state index contributed by atoms with van der Waals surface area (Å²) in [6, 6.07) is 14.6. The molecule has 2 heteroatoms.